The highest BCUT2D eigenvalue weighted by molar-refractivity contribution is 5.47. The Morgan fingerprint density at radius 3 is 2.75 bits per heavy atom. The van der Waals surface area contributed by atoms with E-state index >= 15 is 0 Å². The van der Waals surface area contributed by atoms with Crippen LogP contribution >= 0.6 is 0 Å². The fraction of sp³-hybridized carbons (Fsp3) is 0.647. The quantitative estimate of drug-likeness (QED) is 0.896. The van der Waals surface area contributed by atoms with Gasteiger partial charge >= 0.3 is 0 Å². The molecule has 1 aromatic carbocycles. The molecule has 1 saturated carbocycles. The molecular weight excluding hydrogens is 250 g/mol. The smallest absolute Gasteiger partial charge is 0.161 e. The number of hydrogen-bond donors (Lipinski definition) is 1. The molecule has 1 heterocycles. The van der Waals surface area contributed by atoms with E-state index in [1.165, 1.54) is 12.0 Å². The van der Waals surface area contributed by atoms with Crippen LogP contribution in [0.1, 0.15) is 32.8 Å². The van der Waals surface area contributed by atoms with Crippen molar-refractivity contribution in [2.45, 2.75) is 32.6 Å². The lowest BCUT2D eigenvalue weighted by Gasteiger charge is -2.21. The molecule has 2 aliphatic rings. The van der Waals surface area contributed by atoms with E-state index < -0.39 is 0 Å². The number of nitrogens with one attached hydrogen (secondary N) is 1. The molecule has 0 amide bonds. The molecule has 3 heteroatoms. The highest BCUT2D eigenvalue weighted by Gasteiger charge is 2.50. The van der Waals surface area contributed by atoms with Crippen molar-refractivity contribution in [3.05, 3.63) is 23.8 Å². The van der Waals surface area contributed by atoms with Gasteiger partial charge in [-0.25, -0.2) is 0 Å². The van der Waals surface area contributed by atoms with Gasteiger partial charge in [-0.3, -0.25) is 0 Å². The molecule has 2 atom stereocenters. The summed E-state index contributed by atoms with van der Waals surface area (Å²) in [5.74, 6) is 3.26. The Hall–Kier alpha value is -1.22. The molecule has 0 radical (unpaired) electrons. The van der Waals surface area contributed by atoms with Crippen LogP contribution in [0.15, 0.2) is 18.2 Å². The summed E-state index contributed by atoms with van der Waals surface area (Å²) in [6.45, 7) is 10.4. The minimum absolute atomic E-state index is 0.305. The van der Waals surface area contributed by atoms with Gasteiger partial charge in [0, 0.05) is 0 Å². The zero-order valence-corrected chi connectivity index (χ0v) is 12.7. The van der Waals surface area contributed by atoms with Gasteiger partial charge in [0.2, 0.25) is 0 Å². The van der Waals surface area contributed by atoms with Crippen LogP contribution in [-0.2, 0) is 5.41 Å². The first-order valence-electron chi connectivity index (χ1n) is 7.70. The highest BCUT2D eigenvalue weighted by Crippen LogP contribution is 2.54. The van der Waals surface area contributed by atoms with Crippen molar-refractivity contribution in [2.75, 3.05) is 26.3 Å². The van der Waals surface area contributed by atoms with Crippen LogP contribution in [-0.4, -0.2) is 26.3 Å². The second-order valence-corrected chi connectivity index (χ2v) is 6.73. The summed E-state index contributed by atoms with van der Waals surface area (Å²) in [5.41, 5.74) is 1.69. The first kappa shape index (κ1) is 13.7. The molecule has 2 unspecified atom stereocenters. The Balaban J connectivity index is 1.64. The lowest BCUT2D eigenvalue weighted by molar-refractivity contribution is 0.171. The van der Waals surface area contributed by atoms with E-state index in [1.54, 1.807) is 0 Å². The van der Waals surface area contributed by atoms with E-state index in [-0.39, 0.29) is 0 Å². The summed E-state index contributed by atoms with van der Waals surface area (Å²) in [4.78, 5) is 0. The Morgan fingerprint density at radius 1 is 1.25 bits per heavy atom. The number of benzene rings is 1. The van der Waals surface area contributed by atoms with E-state index in [2.05, 4.69) is 44.3 Å². The summed E-state index contributed by atoms with van der Waals surface area (Å²) < 4.78 is 11.3. The third kappa shape index (κ3) is 2.64. The van der Waals surface area contributed by atoms with Crippen LogP contribution in [0.25, 0.3) is 0 Å². The van der Waals surface area contributed by atoms with Gasteiger partial charge in [-0.1, -0.05) is 26.8 Å². The largest absolute Gasteiger partial charge is 0.486 e. The van der Waals surface area contributed by atoms with Gasteiger partial charge in [-0.15, -0.1) is 0 Å². The average Bonchev–Trinajstić information content (AvgIpc) is 3.10. The van der Waals surface area contributed by atoms with Gasteiger partial charge in [-0.2, -0.15) is 0 Å². The second-order valence-electron chi connectivity index (χ2n) is 6.73. The molecule has 1 fully saturated rings. The molecular formula is C17H25NO2. The SMILES string of the molecule is CC(C)CNCC1CC1(C)c1ccc2c(c1)OCCO2. The van der Waals surface area contributed by atoms with Gasteiger partial charge in [0.05, 0.1) is 0 Å². The van der Waals surface area contributed by atoms with Crippen LogP contribution in [0.4, 0.5) is 0 Å². The second kappa shape index (κ2) is 5.28. The van der Waals surface area contributed by atoms with Gasteiger partial charge in [0.15, 0.2) is 11.5 Å². The summed E-state index contributed by atoms with van der Waals surface area (Å²) in [5, 5.41) is 3.58. The molecule has 110 valence electrons. The lowest BCUT2D eigenvalue weighted by Crippen LogP contribution is -2.24. The number of ether oxygens (including phenoxy) is 2. The Labute approximate surface area is 121 Å². The zero-order valence-electron chi connectivity index (χ0n) is 12.7. The maximum absolute atomic E-state index is 5.69. The van der Waals surface area contributed by atoms with Crippen molar-refractivity contribution >= 4 is 0 Å². The third-order valence-electron chi connectivity index (χ3n) is 4.56. The summed E-state index contributed by atoms with van der Waals surface area (Å²) in [7, 11) is 0. The topological polar surface area (TPSA) is 30.5 Å². The van der Waals surface area contributed by atoms with Gasteiger partial charge in [-0.05, 0) is 54.5 Å². The van der Waals surface area contributed by atoms with Crippen LogP contribution in [0.3, 0.4) is 0 Å². The molecule has 0 saturated heterocycles. The van der Waals surface area contributed by atoms with Crippen molar-refractivity contribution in [1.82, 2.24) is 5.32 Å². The van der Waals surface area contributed by atoms with Crippen molar-refractivity contribution in [3.8, 4) is 11.5 Å². The van der Waals surface area contributed by atoms with Gasteiger partial charge in [0.1, 0.15) is 13.2 Å². The molecule has 1 aliphatic heterocycles. The Morgan fingerprint density at radius 2 is 2.00 bits per heavy atom. The number of rotatable bonds is 5. The highest BCUT2D eigenvalue weighted by atomic mass is 16.6. The Bertz CT molecular complexity index is 486. The summed E-state index contributed by atoms with van der Waals surface area (Å²) >= 11 is 0. The maximum atomic E-state index is 5.69. The lowest BCUT2D eigenvalue weighted by atomic mass is 9.95. The van der Waals surface area contributed by atoms with Crippen molar-refractivity contribution in [3.63, 3.8) is 0 Å². The first-order chi connectivity index (χ1) is 9.59. The molecule has 20 heavy (non-hydrogen) atoms. The van der Waals surface area contributed by atoms with Gasteiger partial charge in [0.25, 0.3) is 0 Å². The summed E-state index contributed by atoms with van der Waals surface area (Å²) in [6, 6.07) is 6.44. The monoisotopic (exact) mass is 275 g/mol. The molecule has 1 aliphatic carbocycles. The van der Waals surface area contributed by atoms with Gasteiger partial charge < -0.3 is 14.8 Å². The van der Waals surface area contributed by atoms with Crippen molar-refractivity contribution in [2.24, 2.45) is 11.8 Å². The molecule has 0 aromatic heterocycles. The van der Waals surface area contributed by atoms with Crippen LogP contribution in [0, 0.1) is 11.8 Å². The molecule has 0 spiro atoms. The fourth-order valence-corrected chi connectivity index (χ4v) is 3.05. The predicted octanol–water partition coefficient (Wildman–Crippen LogP) is 2.98. The third-order valence-corrected chi connectivity index (χ3v) is 4.56. The van der Waals surface area contributed by atoms with Crippen molar-refractivity contribution < 1.29 is 9.47 Å². The number of hydrogen-bond acceptors (Lipinski definition) is 3. The van der Waals surface area contributed by atoms with E-state index in [0.717, 1.165) is 30.5 Å². The average molecular weight is 275 g/mol. The minimum Gasteiger partial charge on any atom is -0.486 e. The van der Waals surface area contributed by atoms with Crippen LogP contribution in [0.2, 0.25) is 0 Å². The fourth-order valence-electron chi connectivity index (χ4n) is 3.05. The molecule has 0 bridgehead atoms. The number of fused-ring (bicyclic) bond motifs is 1. The molecule has 1 N–H and O–H groups in total. The van der Waals surface area contributed by atoms with Crippen molar-refractivity contribution in [1.29, 1.82) is 0 Å². The van der Waals surface area contributed by atoms with E-state index in [9.17, 15) is 0 Å². The standard InChI is InChI=1S/C17H25NO2/c1-12(2)10-18-11-14-9-17(14,3)13-4-5-15-16(8-13)20-7-6-19-15/h4-5,8,12,14,18H,6-7,9-11H2,1-3H3. The van der Waals surface area contributed by atoms with Crippen LogP contribution in [0.5, 0.6) is 11.5 Å². The predicted molar refractivity (Wildman–Crippen MR) is 80.6 cm³/mol. The zero-order chi connectivity index (χ0) is 14.2. The van der Waals surface area contributed by atoms with E-state index in [1.807, 2.05) is 0 Å². The van der Waals surface area contributed by atoms with Crippen LogP contribution < -0.4 is 14.8 Å². The minimum atomic E-state index is 0.305. The maximum Gasteiger partial charge on any atom is 0.161 e. The first-order valence-corrected chi connectivity index (χ1v) is 7.70. The Kier molecular flexibility index (Phi) is 3.63. The van der Waals surface area contributed by atoms with E-state index in [4.69, 9.17) is 9.47 Å². The summed E-state index contributed by atoms with van der Waals surface area (Å²) in [6.07, 6.45) is 1.26. The molecule has 3 rings (SSSR count). The molecule has 1 aromatic rings. The molecule has 3 nitrogen and oxygen atoms in total. The normalized spacial score (nSPS) is 27.7. The van der Waals surface area contributed by atoms with E-state index in [0.29, 0.717) is 24.5 Å².